The fraction of sp³-hybridized carbons (Fsp3) is 0.500. The Hall–Kier alpha value is -1.75. The Bertz CT molecular complexity index is 442. The summed E-state index contributed by atoms with van der Waals surface area (Å²) in [6, 6.07) is 5.21. The van der Waals surface area contributed by atoms with Gasteiger partial charge in [0.05, 0.1) is 19.8 Å². The summed E-state index contributed by atoms with van der Waals surface area (Å²) in [6.07, 6.45) is 1.11. The van der Waals surface area contributed by atoms with E-state index >= 15 is 0 Å². The Morgan fingerprint density at radius 1 is 1.42 bits per heavy atom. The van der Waals surface area contributed by atoms with Gasteiger partial charge in [-0.15, -0.1) is 0 Å². The average Bonchev–Trinajstić information content (AvgIpc) is 2.97. The number of amides is 1. The van der Waals surface area contributed by atoms with Crippen LogP contribution in [0.1, 0.15) is 16.8 Å². The zero-order valence-corrected chi connectivity index (χ0v) is 11.4. The van der Waals surface area contributed by atoms with E-state index in [-0.39, 0.29) is 5.91 Å². The van der Waals surface area contributed by atoms with Crippen LogP contribution in [0, 0.1) is 5.92 Å². The maximum atomic E-state index is 12.2. The molecule has 19 heavy (non-hydrogen) atoms. The van der Waals surface area contributed by atoms with Crippen LogP contribution >= 0.6 is 0 Å². The average molecular weight is 264 g/mol. The predicted molar refractivity (Wildman–Crippen MR) is 72.9 cm³/mol. The van der Waals surface area contributed by atoms with Crippen LogP contribution in [0.2, 0.25) is 0 Å². The van der Waals surface area contributed by atoms with Crippen molar-refractivity contribution >= 4 is 5.91 Å². The lowest BCUT2D eigenvalue weighted by Crippen LogP contribution is -2.30. The number of hydrogen-bond donors (Lipinski definition) is 2. The summed E-state index contributed by atoms with van der Waals surface area (Å²) in [7, 11) is 3.13. The number of ether oxygens (including phenoxy) is 2. The highest BCUT2D eigenvalue weighted by atomic mass is 16.5. The van der Waals surface area contributed by atoms with Crippen molar-refractivity contribution in [3.63, 3.8) is 0 Å². The number of nitrogens with one attached hydrogen (secondary N) is 2. The topological polar surface area (TPSA) is 59.6 Å². The number of carbonyl (C=O) groups excluding carboxylic acids is 1. The second kappa shape index (κ2) is 6.43. The fourth-order valence-corrected chi connectivity index (χ4v) is 2.21. The summed E-state index contributed by atoms with van der Waals surface area (Å²) in [5, 5.41) is 6.23. The van der Waals surface area contributed by atoms with Crippen molar-refractivity contribution < 1.29 is 14.3 Å². The summed E-state index contributed by atoms with van der Waals surface area (Å²) in [5.41, 5.74) is 0.507. The van der Waals surface area contributed by atoms with Gasteiger partial charge < -0.3 is 20.1 Å². The molecule has 1 aliphatic heterocycles. The highest BCUT2D eigenvalue weighted by Gasteiger charge is 2.18. The van der Waals surface area contributed by atoms with Crippen LogP contribution in [0.25, 0.3) is 0 Å². The molecule has 104 valence electrons. The molecule has 1 saturated heterocycles. The van der Waals surface area contributed by atoms with E-state index in [2.05, 4.69) is 10.6 Å². The van der Waals surface area contributed by atoms with Crippen LogP contribution in [0.4, 0.5) is 0 Å². The summed E-state index contributed by atoms with van der Waals surface area (Å²) in [5.74, 6) is 1.60. The molecule has 0 aromatic heterocycles. The van der Waals surface area contributed by atoms with Crippen molar-refractivity contribution in [2.24, 2.45) is 5.92 Å². The van der Waals surface area contributed by atoms with E-state index in [1.165, 1.54) is 0 Å². The molecule has 1 aromatic rings. The van der Waals surface area contributed by atoms with Gasteiger partial charge in [0.1, 0.15) is 11.5 Å². The Kier molecular flexibility index (Phi) is 4.63. The van der Waals surface area contributed by atoms with Crippen LogP contribution in [0.5, 0.6) is 11.5 Å². The molecule has 5 nitrogen and oxygen atoms in total. The number of benzene rings is 1. The Morgan fingerprint density at radius 2 is 2.26 bits per heavy atom. The Balaban J connectivity index is 2.03. The number of rotatable bonds is 5. The van der Waals surface area contributed by atoms with Gasteiger partial charge in [0.15, 0.2) is 0 Å². The van der Waals surface area contributed by atoms with Gasteiger partial charge in [-0.05, 0) is 43.6 Å². The van der Waals surface area contributed by atoms with Gasteiger partial charge >= 0.3 is 0 Å². The van der Waals surface area contributed by atoms with Gasteiger partial charge in [-0.25, -0.2) is 0 Å². The molecular formula is C14H20N2O3. The van der Waals surface area contributed by atoms with Gasteiger partial charge in [0, 0.05) is 6.54 Å². The molecule has 1 amide bonds. The van der Waals surface area contributed by atoms with Crippen LogP contribution in [-0.4, -0.2) is 39.8 Å². The van der Waals surface area contributed by atoms with Gasteiger partial charge in [-0.2, -0.15) is 0 Å². The predicted octanol–water partition coefficient (Wildman–Crippen LogP) is 1.04. The maximum Gasteiger partial charge on any atom is 0.255 e. The third-order valence-corrected chi connectivity index (χ3v) is 3.36. The van der Waals surface area contributed by atoms with Crippen molar-refractivity contribution in [3.05, 3.63) is 23.8 Å². The summed E-state index contributed by atoms with van der Waals surface area (Å²) >= 11 is 0. The third kappa shape index (κ3) is 3.38. The molecule has 1 aromatic carbocycles. The first kappa shape index (κ1) is 13.7. The highest BCUT2D eigenvalue weighted by molar-refractivity contribution is 5.97. The first-order valence-electron chi connectivity index (χ1n) is 6.45. The molecule has 0 spiro atoms. The molecule has 1 atom stereocenters. The van der Waals surface area contributed by atoms with Crippen LogP contribution in [-0.2, 0) is 0 Å². The molecule has 0 saturated carbocycles. The van der Waals surface area contributed by atoms with Crippen LogP contribution in [0.15, 0.2) is 18.2 Å². The number of methoxy groups -OCH3 is 2. The van der Waals surface area contributed by atoms with Crippen molar-refractivity contribution in [1.82, 2.24) is 10.6 Å². The van der Waals surface area contributed by atoms with Crippen LogP contribution in [0.3, 0.4) is 0 Å². The Labute approximate surface area is 113 Å². The molecule has 5 heteroatoms. The van der Waals surface area contributed by atoms with E-state index in [0.29, 0.717) is 29.5 Å². The smallest absolute Gasteiger partial charge is 0.255 e. The van der Waals surface area contributed by atoms with Crippen molar-refractivity contribution in [2.45, 2.75) is 6.42 Å². The minimum absolute atomic E-state index is 0.123. The molecule has 1 unspecified atom stereocenters. The Morgan fingerprint density at radius 3 is 2.89 bits per heavy atom. The van der Waals surface area contributed by atoms with Gasteiger partial charge in [0.25, 0.3) is 5.91 Å². The highest BCUT2D eigenvalue weighted by Crippen LogP contribution is 2.23. The van der Waals surface area contributed by atoms with E-state index in [0.717, 1.165) is 19.5 Å². The van der Waals surface area contributed by atoms with E-state index in [4.69, 9.17) is 9.47 Å². The number of carbonyl (C=O) groups is 1. The lowest BCUT2D eigenvalue weighted by atomic mass is 10.1. The maximum absolute atomic E-state index is 12.2. The molecule has 2 rings (SSSR count). The van der Waals surface area contributed by atoms with Crippen LogP contribution < -0.4 is 20.1 Å². The molecule has 0 aliphatic carbocycles. The van der Waals surface area contributed by atoms with Gasteiger partial charge in [-0.1, -0.05) is 0 Å². The minimum atomic E-state index is -0.123. The molecule has 1 heterocycles. The summed E-state index contributed by atoms with van der Waals surface area (Å²) in [6.45, 7) is 2.69. The van der Waals surface area contributed by atoms with E-state index in [1.54, 1.807) is 32.4 Å². The molecular weight excluding hydrogens is 244 g/mol. The molecule has 0 bridgehead atoms. The normalized spacial score (nSPS) is 18.1. The van der Waals surface area contributed by atoms with Gasteiger partial charge in [0.2, 0.25) is 0 Å². The first-order valence-corrected chi connectivity index (χ1v) is 6.45. The van der Waals surface area contributed by atoms with E-state index < -0.39 is 0 Å². The van der Waals surface area contributed by atoms with Crippen molar-refractivity contribution in [3.8, 4) is 11.5 Å². The quantitative estimate of drug-likeness (QED) is 0.834. The van der Waals surface area contributed by atoms with Crippen molar-refractivity contribution in [2.75, 3.05) is 33.9 Å². The lowest BCUT2D eigenvalue weighted by Gasteiger charge is -2.13. The zero-order chi connectivity index (χ0) is 13.7. The van der Waals surface area contributed by atoms with E-state index in [9.17, 15) is 4.79 Å². The largest absolute Gasteiger partial charge is 0.497 e. The second-order valence-electron chi connectivity index (χ2n) is 4.64. The lowest BCUT2D eigenvalue weighted by molar-refractivity contribution is 0.0945. The minimum Gasteiger partial charge on any atom is -0.497 e. The molecule has 1 fully saturated rings. The SMILES string of the molecule is COc1ccc(OC)c(C(=O)NCC2CCNC2)c1. The standard InChI is InChI=1S/C14H20N2O3/c1-18-11-3-4-13(19-2)12(7-11)14(17)16-9-10-5-6-15-8-10/h3-4,7,10,15H,5-6,8-9H2,1-2H3,(H,16,17). The molecule has 0 radical (unpaired) electrons. The van der Waals surface area contributed by atoms with E-state index in [1.807, 2.05) is 0 Å². The number of hydrogen-bond acceptors (Lipinski definition) is 4. The summed E-state index contributed by atoms with van der Waals surface area (Å²) < 4.78 is 10.3. The van der Waals surface area contributed by atoms with Gasteiger partial charge in [-0.3, -0.25) is 4.79 Å². The first-order chi connectivity index (χ1) is 9.24. The summed E-state index contributed by atoms with van der Waals surface area (Å²) in [4.78, 5) is 12.2. The fourth-order valence-electron chi connectivity index (χ4n) is 2.21. The monoisotopic (exact) mass is 264 g/mol. The second-order valence-corrected chi connectivity index (χ2v) is 4.64. The van der Waals surface area contributed by atoms with Crippen molar-refractivity contribution in [1.29, 1.82) is 0 Å². The molecule has 2 N–H and O–H groups in total. The third-order valence-electron chi connectivity index (χ3n) is 3.36. The zero-order valence-electron chi connectivity index (χ0n) is 11.4. The molecule has 1 aliphatic rings.